The second kappa shape index (κ2) is 6.12. The first-order chi connectivity index (χ1) is 10.3. The second-order valence-corrected chi connectivity index (χ2v) is 5.18. The molecule has 0 saturated carbocycles. The number of aliphatic hydroxyl groups excluding tert-OH is 1. The lowest BCUT2D eigenvalue weighted by Gasteiger charge is -2.12. The maximum atomic E-state index is 9.53. The number of hydrogen-bond acceptors (Lipinski definition) is 2. The lowest BCUT2D eigenvalue weighted by molar-refractivity contribution is 0.272. The Balaban J connectivity index is 2.05. The van der Waals surface area contributed by atoms with Gasteiger partial charge in [0.15, 0.2) is 0 Å². The first-order valence-corrected chi connectivity index (χ1v) is 7.11. The average Bonchev–Trinajstić information content (AvgIpc) is 2.93. The van der Waals surface area contributed by atoms with Gasteiger partial charge in [-0.25, -0.2) is 4.98 Å². The zero-order valence-corrected chi connectivity index (χ0v) is 12.2. The molecule has 0 aliphatic carbocycles. The summed E-state index contributed by atoms with van der Waals surface area (Å²) in [5, 5.41) is 10.2. The van der Waals surface area contributed by atoms with Gasteiger partial charge >= 0.3 is 0 Å². The van der Waals surface area contributed by atoms with Crippen molar-refractivity contribution in [1.29, 1.82) is 0 Å². The molecule has 0 unspecified atom stereocenters. The van der Waals surface area contributed by atoms with Gasteiger partial charge in [-0.15, -0.1) is 0 Å². The summed E-state index contributed by atoms with van der Waals surface area (Å²) < 4.78 is 2.00. The van der Waals surface area contributed by atoms with Gasteiger partial charge in [0.05, 0.1) is 25.0 Å². The van der Waals surface area contributed by atoms with Crippen LogP contribution in [0, 0.1) is 0 Å². The number of hydrogen-bond donors (Lipinski definition) is 1. The first kappa shape index (κ1) is 13.9. The third kappa shape index (κ3) is 2.84. The predicted octanol–water partition coefficient (Wildman–Crippen LogP) is 3.74. The van der Waals surface area contributed by atoms with Gasteiger partial charge in [-0.2, -0.15) is 0 Å². The normalized spacial score (nSPS) is 10.8. The Hall–Kier alpha value is -2.10. The van der Waals surface area contributed by atoms with Gasteiger partial charge in [-0.05, 0) is 11.6 Å². The van der Waals surface area contributed by atoms with Gasteiger partial charge < -0.3 is 9.67 Å². The van der Waals surface area contributed by atoms with Gasteiger partial charge in [-0.1, -0.05) is 60.1 Å². The molecule has 2 aromatic carbocycles. The zero-order valence-electron chi connectivity index (χ0n) is 11.4. The van der Waals surface area contributed by atoms with Crippen LogP contribution in [0.2, 0.25) is 5.02 Å². The lowest BCUT2D eigenvalue weighted by atomic mass is 10.2. The third-order valence-electron chi connectivity index (χ3n) is 3.42. The maximum absolute atomic E-state index is 9.53. The molecule has 0 amide bonds. The van der Waals surface area contributed by atoms with Crippen molar-refractivity contribution in [3.05, 3.63) is 77.1 Å². The minimum Gasteiger partial charge on any atom is -0.390 e. The average molecular weight is 299 g/mol. The van der Waals surface area contributed by atoms with E-state index in [9.17, 15) is 5.11 Å². The summed E-state index contributed by atoms with van der Waals surface area (Å²) in [6.45, 7) is 0.532. The summed E-state index contributed by atoms with van der Waals surface area (Å²) in [5.74, 6) is 0.833. The van der Waals surface area contributed by atoms with Gasteiger partial charge in [0.2, 0.25) is 0 Å². The summed E-state index contributed by atoms with van der Waals surface area (Å²) in [5.41, 5.74) is 2.79. The number of rotatable bonds is 4. The molecule has 0 spiro atoms. The van der Waals surface area contributed by atoms with Crippen LogP contribution in [0.4, 0.5) is 0 Å². The molecule has 4 heteroatoms. The van der Waals surface area contributed by atoms with Gasteiger partial charge in [-0.3, -0.25) is 0 Å². The van der Waals surface area contributed by atoms with Gasteiger partial charge in [0, 0.05) is 10.6 Å². The van der Waals surface area contributed by atoms with Crippen molar-refractivity contribution in [3.63, 3.8) is 0 Å². The standard InChI is InChI=1S/C17H15ClN2O/c18-16-9-5-4-8-14(16)11-20-15(12-21)10-19-17(20)13-6-2-1-3-7-13/h1-10,21H,11-12H2. The minimum atomic E-state index is -0.0513. The Bertz CT molecular complexity index is 738. The van der Waals surface area contributed by atoms with Crippen LogP contribution in [0.3, 0.4) is 0 Å². The van der Waals surface area contributed by atoms with E-state index in [0.717, 1.165) is 22.6 Å². The van der Waals surface area contributed by atoms with E-state index in [1.807, 2.05) is 59.2 Å². The molecule has 21 heavy (non-hydrogen) atoms. The van der Waals surface area contributed by atoms with E-state index in [1.165, 1.54) is 0 Å². The van der Waals surface area contributed by atoms with E-state index in [2.05, 4.69) is 4.98 Å². The number of benzene rings is 2. The molecule has 0 aliphatic heterocycles. The quantitative estimate of drug-likeness (QED) is 0.797. The van der Waals surface area contributed by atoms with Crippen LogP contribution in [0.1, 0.15) is 11.3 Å². The first-order valence-electron chi connectivity index (χ1n) is 6.73. The molecule has 1 aromatic heterocycles. The summed E-state index contributed by atoms with van der Waals surface area (Å²) in [6, 6.07) is 17.7. The van der Waals surface area contributed by atoms with E-state index in [4.69, 9.17) is 11.6 Å². The SMILES string of the molecule is OCc1cnc(-c2ccccc2)n1Cc1ccccc1Cl. The topological polar surface area (TPSA) is 38.1 Å². The molecule has 1 N–H and O–H groups in total. The molecule has 3 aromatic rings. The molecule has 106 valence electrons. The van der Waals surface area contributed by atoms with Crippen LogP contribution in [0.25, 0.3) is 11.4 Å². The van der Waals surface area contributed by atoms with E-state index >= 15 is 0 Å². The van der Waals surface area contributed by atoms with Crippen molar-refractivity contribution < 1.29 is 5.11 Å². The second-order valence-electron chi connectivity index (χ2n) is 4.77. The molecule has 0 bridgehead atoms. The Labute approximate surface area is 128 Å². The fraction of sp³-hybridized carbons (Fsp3) is 0.118. The molecule has 0 fully saturated rings. The molecule has 0 aliphatic rings. The Kier molecular flexibility index (Phi) is 4.04. The zero-order chi connectivity index (χ0) is 14.7. The van der Waals surface area contributed by atoms with Crippen LogP contribution in [0.15, 0.2) is 60.8 Å². The monoisotopic (exact) mass is 298 g/mol. The largest absolute Gasteiger partial charge is 0.390 e. The molecule has 0 atom stereocenters. The summed E-state index contributed by atoms with van der Waals surface area (Å²) in [4.78, 5) is 4.44. The molecular weight excluding hydrogens is 284 g/mol. The molecule has 1 heterocycles. The lowest BCUT2D eigenvalue weighted by Crippen LogP contribution is -2.07. The van der Waals surface area contributed by atoms with Crippen molar-refractivity contribution in [2.45, 2.75) is 13.2 Å². The molecular formula is C17H15ClN2O. The minimum absolute atomic E-state index is 0.0513. The van der Waals surface area contributed by atoms with Crippen molar-refractivity contribution in [3.8, 4) is 11.4 Å². The molecule has 0 radical (unpaired) electrons. The van der Waals surface area contributed by atoms with Gasteiger partial charge in [0.25, 0.3) is 0 Å². The van der Waals surface area contributed by atoms with Crippen LogP contribution < -0.4 is 0 Å². The molecule has 0 saturated heterocycles. The number of aliphatic hydroxyl groups is 1. The van der Waals surface area contributed by atoms with Crippen LogP contribution in [-0.4, -0.2) is 14.7 Å². The number of imidazole rings is 1. The molecule has 3 nitrogen and oxygen atoms in total. The third-order valence-corrected chi connectivity index (χ3v) is 3.79. The van der Waals surface area contributed by atoms with E-state index in [-0.39, 0.29) is 6.61 Å². The van der Waals surface area contributed by atoms with E-state index < -0.39 is 0 Å². The highest BCUT2D eigenvalue weighted by atomic mass is 35.5. The summed E-state index contributed by atoms with van der Waals surface area (Å²) in [6.07, 6.45) is 1.71. The highest BCUT2D eigenvalue weighted by molar-refractivity contribution is 6.31. The fourth-order valence-electron chi connectivity index (χ4n) is 2.33. The fourth-order valence-corrected chi connectivity index (χ4v) is 2.52. The van der Waals surface area contributed by atoms with Crippen molar-refractivity contribution in [2.24, 2.45) is 0 Å². The maximum Gasteiger partial charge on any atom is 0.140 e. The Morgan fingerprint density at radius 2 is 1.71 bits per heavy atom. The smallest absolute Gasteiger partial charge is 0.140 e. The highest BCUT2D eigenvalue weighted by Gasteiger charge is 2.12. The highest BCUT2D eigenvalue weighted by Crippen LogP contribution is 2.23. The Morgan fingerprint density at radius 3 is 2.43 bits per heavy atom. The summed E-state index contributed by atoms with van der Waals surface area (Å²) >= 11 is 6.24. The number of nitrogens with zero attached hydrogens (tertiary/aromatic N) is 2. The van der Waals surface area contributed by atoms with Crippen LogP contribution >= 0.6 is 11.6 Å². The van der Waals surface area contributed by atoms with Crippen LogP contribution in [0.5, 0.6) is 0 Å². The Morgan fingerprint density at radius 1 is 1.00 bits per heavy atom. The van der Waals surface area contributed by atoms with Crippen molar-refractivity contribution in [1.82, 2.24) is 9.55 Å². The predicted molar refractivity (Wildman–Crippen MR) is 84.1 cm³/mol. The van der Waals surface area contributed by atoms with Crippen molar-refractivity contribution in [2.75, 3.05) is 0 Å². The van der Waals surface area contributed by atoms with E-state index in [0.29, 0.717) is 11.6 Å². The number of aromatic nitrogens is 2. The van der Waals surface area contributed by atoms with Crippen LogP contribution in [-0.2, 0) is 13.2 Å². The number of halogens is 1. The molecule has 3 rings (SSSR count). The van der Waals surface area contributed by atoms with Crippen molar-refractivity contribution >= 4 is 11.6 Å². The van der Waals surface area contributed by atoms with Gasteiger partial charge in [0.1, 0.15) is 5.82 Å². The summed E-state index contributed by atoms with van der Waals surface area (Å²) in [7, 11) is 0. The van der Waals surface area contributed by atoms with E-state index in [1.54, 1.807) is 6.20 Å².